The molecule has 0 aromatic rings. The highest BCUT2D eigenvalue weighted by molar-refractivity contribution is 9.09. The fourth-order valence-electron chi connectivity index (χ4n) is 1.49. The third-order valence-electron chi connectivity index (χ3n) is 2.11. The van der Waals surface area contributed by atoms with Crippen LogP contribution in [0.2, 0.25) is 0 Å². The van der Waals surface area contributed by atoms with Crippen LogP contribution in [-0.4, -0.2) is 16.9 Å². The summed E-state index contributed by atoms with van der Waals surface area (Å²) in [4.78, 5) is 0.804. The zero-order chi connectivity index (χ0) is 5.56. The van der Waals surface area contributed by atoms with Crippen LogP contribution in [0.4, 0.5) is 4.70 Å². The summed E-state index contributed by atoms with van der Waals surface area (Å²) in [6.07, 6.45) is 4.11. The van der Waals surface area contributed by atoms with Crippen molar-refractivity contribution in [2.75, 3.05) is 0 Å². The molecule has 9 heavy (non-hydrogen) atoms. The van der Waals surface area contributed by atoms with Gasteiger partial charge >= 0.3 is 0 Å². The zero-order valence-electron chi connectivity index (χ0n) is 5.14. The number of hydrogen-bond donors (Lipinski definition) is 1. The minimum absolute atomic E-state index is 0. The highest BCUT2D eigenvalue weighted by Crippen LogP contribution is 2.32. The molecule has 2 rings (SSSR count). The van der Waals surface area contributed by atoms with Crippen molar-refractivity contribution >= 4 is 15.9 Å². The average molecular weight is 196 g/mol. The molecule has 3 atom stereocenters. The molecule has 2 aliphatic rings. The largest absolute Gasteiger partial charge is 0.308 e. The van der Waals surface area contributed by atoms with E-state index in [1.807, 2.05) is 0 Å². The average Bonchev–Trinajstić information content (AvgIpc) is 2.43. The molecule has 1 aliphatic carbocycles. The van der Waals surface area contributed by atoms with Crippen LogP contribution < -0.4 is 5.32 Å². The summed E-state index contributed by atoms with van der Waals surface area (Å²) < 4.78 is 0. The van der Waals surface area contributed by atoms with Crippen molar-refractivity contribution in [1.29, 1.82) is 0 Å². The summed E-state index contributed by atoms with van der Waals surface area (Å²) >= 11 is 3.62. The highest BCUT2D eigenvalue weighted by Gasteiger charge is 2.40. The third kappa shape index (κ3) is 1.44. The molecule has 3 heteroatoms. The number of alkyl halides is 1. The molecule has 3 unspecified atom stereocenters. The van der Waals surface area contributed by atoms with Crippen molar-refractivity contribution in [2.24, 2.45) is 0 Å². The lowest BCUT2D eigenvalue weighted by molar-refractivity contribution is 0.591. The van der Waals surface area contributed by atoms with Crippen molar-refractivity contribution in [2.45, 2.75) is 36.2 Å². The van der Waals surface area contributed by atoms with E-state index in [4.69, 9.17) is 0 Å². The van der Waals surface area contributed by atoms with Gasteiger partial charge in [0, 0.05) is 16.9 Å². The molecule has 0 spiro atoms. The van der Waals surface area contributed by atoms with Crippen molar-refractivity contribution in [3.8, 4) is 0 Å². The molecule has 54 valence electrons. The molecular weight excluding hydrogens is 185 g/mol. The second kappa shape index (κ2) is 2.54. The Balaban J connectivity index is 0.000000405. The van der Waals surface area contributed by atoms with E-state index in [9.17, 15) is 0 Å². The molecule has 1 aliphatic heterocycles. The van der Waals surface area contributed by atoms with Crippen LogP contribution in [0.1, 0.15) is 19.3 Å². The quantitative estimate of drug-likeness (QED) is 0.459. The van der Waals surface area contributed by atoms with Crippen LogP contribution >= 0.6 is 15.9 Å². The van der Waals surface area contributed by atoms with E-state index in [0.29, 0.717) is 0 Å². The molecule has 1 heterocycles. The third-order valence-corrected chi connectivity index (χ3v) is 2.94. The van der Waals surface area contributed by atoms with E-state index in [-0.39, 0.29) is 4.70 Å². The Morgan fingerprint density at radius 3 is 2.56 bits per heavy atom. The Labute approximate surface area is 62.7 Å². The van der Waals surface area contributed by atoms with Gasteiger partial charge in [0.2, 0.25) is 0 Å². The van der Waals surface area contributed by atoms with Gasteiger partial charge in [-0.2, -0.15) is 0 Å². The minimum Gasteiger partial charge on any atom is -0.308 e. The lowest BCUT2D eigenvalue weighted by Gasteiger charge is -2.11. The Morgan fingerprint density at radius 1 is 1.22 bits per heavy atom. The van der Waals surface area contributed by atoms with Crippen LogP contribution in [0.25, 0.3) is 0 Å². The molecule has 0 bridgehead atoms. The fraction of sp³-hybridized carbons (Fsp3) is 1.00. The van der Waals surface area contributed by atoms with Crippen molar-refractivity contribution < 1.29 is 4.70 Å². The Kier molecular flexibility index (Phi) is 2.11. The molecule has 0 radical (unpaired) electrons. The van der Waals surface area contributed by atoms with Crippen LogP contribution in [0.3, 0.4) is 0 Å². The molecule has 0 aromatic carbocycles. The van der Waals surface area contributed by atoms with Gasteiger partial charge in [0.25, 0.3) is 0 Å². The second-order valence-electron chi connectivity index (χ2n) is 2.79. The summed E-state index contributed by atoms with van der Waals surface area (Å²) in [7, 11) is 0. The van der Waals surface area contributed by atoms with Gasteiger partial charge in [0.05, 0.1) is 0 Å². The topological polar surface area (TPSA) is 21.9 Å². The Morgan fingerprint density at radius 2 is 2.00 bits per heavy atom. The molecule has 1 nitrogen and oxygen atoms in total. The van der Waals surface area contributed by atoms with Crippen LogP contribution in [0.5, 0.6) is 0 Å². The highest BCUT2D eigenvalue weighted by atomic mass is 79.9. The second-order valence-corrected chi connectivity index (χ2v) is 4.08. The zero-order valence-corrected chi connectivity index (χ0v) is 6.73. The van der Waals surface area contributed by atoms with Crippen molar-refractivity contribution in [3.63, 3.8) is 0 Å². The Hall–Kier alpha value is 0.370. The summed E-state index contributed by atoms with van der Waals surface area (Å²) in [5.41, 5.74) is 0. The van der Waals surface area contributed by atoms with E-state index in [0.717, 1.165) is 16.9 Å². The number of hydrogen-bond acceptors (Lipinski definition) is 1. The molecule has 0 aromatic heterocycles. The van der Waals surface area contributed by atoms with Crippen LogP contribution in [0.15, 0.2) is 0 Å². The maximum atomic E-state index is 3.62. The van der Waals surface area contributed by atoms with Gasteiger partial charge in [-0.1, -0.05) is 15.9 Å². The monoisotopic (exact) mass is 195 g/mol. The summed E-state index contributed by atoms with van der Waals surface area (Å²) in [5.74, 6) is 0. The van der Waals surface area contributed by atoms with E-state index >= 15 is 0 Å². The first-order valence-electron chi connectivity index (χ1n) is 3.26. The van der Waals surface area contributed by atoms with Gasteiger partial charge in [-0.05, 0) is 19.3 Å². The van der Waals surface area contributed by atoms with E-state index < -0.39 is 0 Å². The maximum Gasteiger partial charge on any atom is 0.0235 e. The maximum absolute atomic E-state index is 3.62. The van der Waals surface area contributed by atoms with Gasteiger partial charge in [0.15, 0.2) is 0 Å². The molecule has 1 N–H and O–H groups in total. The van der Waals surface area contributed by atoms with Gasteiger partial charge in [-0.15, -0.1) is 0 Å². The van der Waals surface area contributed by atoms with Gasteiger partial charge < -0.3 is 5.32 Å². The number of fused-ring (bicyclic) bond motifs is 1. The SMILES string of the molecule is BrC1CCC2NC2C1.F. The summed E-state index contributed by atoms with van der Waals surface area (Å²) in [6.45, 7) is 0. The van der Waals surface area contributed by atoms with Crippen molar-refractivity contribution in [1.82, 2.24) is 5.32 Å². The number of halogens is 2. The van der Waals surface area contributed by atoms with E-state index in [1.54, 1.807) is 0 Å². The van der Waals surface area contributed by atoms with Gasteiger partial charge in [0.1, 0.15) is 0 Å². The molecule has 1 saturated heterocycles. The van der Waals surface area contributed by atoms with E-state index in [2.05, 4.69) is 21.2 Å². The van der Waals surface area contributed by atoms with Crippen LogP contribution in [-0.2, 0) is 0 Å². The first kappa shape index (κ1) is 7.48. The normalized spacial score (nSPS) is 47.0. The van der Waals surface area contributed by atoms with Gasteiger partial charge in [-0.3, -0.25) is 4.70 Å². The van der Waals surface area contributed by atoms with Gasteiger partial charge in [-0.25, -0.2) is 0 Å². The standard InChI is InChI=1S/C6H10BrN.FH/c7-4-1-2-5-6(3-4)8-5;/h4-6,8H,1-3H2;1H. The number of rotatable bonds is 0. The fourth-order valence-corrected chi connectivity index (χ4v) is 2.16. The Bertz CT molecular complexity index is 109. The lowest BCUT2D eigenvalue weighted by Crippen LogP contribution is -2.11. The molecule has 2 fully saturated rings. The predicted molar refractivity (Wildman–Crippen MR) is 39.8 cm³/mol. The summed E-state index contributed by atoms with van der Waals surface area (Å²) in [5, 5.41) is 3.43. The first-order valence-corrected chi connectivity index (χ1v) is 4.18. The van der Waals surface area contributed by atoms with E-state index in [1.165, 1.54) is 19.3 Å². The smallest absolute Gasteiger partial charge is 0.0235 e. The van der Waals surface area contributed by atoms with Crippen molar-refractivity contribution in [3.05, 3.63) is 0 Å². The molecule has 1 saturated carbocycles. The predicted octanol–water partition coefficient (Wildman–Crippen LogP) is 1.43. The summed E-state index contributed by atoms with van der Waals surface area (Å²) in [6, 6.07) is 1.79. The first-order chi connectivity index (χ1) is 3.86. The molecular formula is C6H11BrFN. The minimum atomic E-state index is 0. The van der Waals surface area contributed by atoms with Crippen LogP contribution in [0, 0.1) is 0 Å². The lowest BCUT2D eigenvalue weighted by atomic mass is 10.0. The number of nitrogens with one attached hydrogen (secondary N) is 1. The molecule has 0 amide bonds.